The first-order valence-corrected chi connectivity index (χ1v) is 4.84. The van der Waals surface area contributed by atoms with Gasteiger partial charge in [-0.05, 0) is 20.0 Å². The lowest BCUT2D eigenvalue weighted by molar-refractivity contribution is 0.414. The van der Waals surface area contributed by atoms with E-state index < -0.39 is 0 Å². The Labute approximate surface area is 75.7 Å². The smallest absolute Gasteiger partial charge is 0.130 e. The van der Waals surface area contributed by atoms with Gasteiger partial charge in [-0.25, -0.2) is 0 Å². The average Bonchev–Trinajstić information content (AvgIpc) is 2.63. The summed E-state index contributed by atoms with van der Waals surface area (Å²) in [4.78, 5) is 2.33. The molecule has 1 atom stereocenters. The van der Waals surface area contributed by atoms with Gasteiger partial charge in [-0.1, -0.05) is 4.49 Å². The van der Waals surface area contributed by atoms with Crippen LogP contribution < -0.4 is 5.32 Å². The van der Waals surface area contributed by atoms with E-state index in [1.54, 1.807) is 6.20 Å². The molecule has 0 saturated carbocycles. The van der Waals surface area contributed by atoms with Crippen molar-refractivity contribution in [1.29, 1.82) is 0 Å². The molecular formula is C7H12N4S. The third-order valence-corrected chi connectivity index (χ3v) is 2.69. The van der Waals surface area contributed by atoms with E-state index in [0.29, 0.717) is 6.04 Å². The van der Waals surface area contributed by atoms with E-state index in [9.17, 15) is 0 Å². The van der Waals surface area contributed by atoms with Gasteiger partial charge in [-0.15, -0.1) is 5.10 Å². The maximum atomic E-state index is 3.80. The van der Waals surface area contributed by atoms with Crippen molar-refractivity contribution >= 4 is 16.5 Å². The van der Waals surface area contributed by atoms with E-state index in [-0.39, 0.29) is 0 Å². The zero-order chi connectivity index (χ0) is 8.39. The van der Waals surface area contributed by atoms with Crippen molar-refractivity contribution in [3.05, 3.63) is 6.20 Å². The second-order valence-corrected chi connectivity index (χ2v) is 3.96. The normalized spacial score (nSPS) is 24.6. The van der Waals surface area contributed by atoms with E-state index in [1.165, 1.54) is 24.5 Å². The minimum atomic E-state index is 0.581. The summed E-state index contributed by atoms with van der Waals surface area (Å²) in [5.74, 6) is 0. The highest BCUT2D eigenvalue weighted by Gasteiger charge is 2.19. The van der Waals surface area contributed by atoms with Gasteiger partial charge in [0, 0.05) is 24.1 Å². The fourth-order valence-electron chi connectivity index (χ4n) is 1.48. The number of aromatic nitrogens is 2. The topological polar surface area (TPSA) is 41.0 Å². The Morgan fingerprint density at radius 3 is 3.25 bits per heavy atom. The minimum Gasteiger partial charge on any atom is -0.370 e. The van der Waals surface area contributed by atoms with Crippen molar-refractivity contribution in [2.45, 2.75) is 12.5 Å². The van der Waals surface area contributed by atoms with E-state index in [4.69, 9.17) is 0 Å². The summed E-state index contributed by atoms with van der Waals surface area (Å²) < 4.78 is 3.80. The second kappa shape index (κ2) is 3.37. The monoisotopic (exact) mass is 184 g/mol. The van der Waals surface area contributed by atoms with Crippen LogP contribution >= 0.6 is 11.5 Å². The molecule has 1 aliphatic rings. The number of nitrogens with zero attached hydrogens (tertiary/aromatic N) is 3. The molecule has 1 aromatic rings. The number of hydrogen-bond acceptors (Lipinski definition) is 5. The Morgan fingerprint density at radius 2 is 2.67 bits per heavy atom. The Hall–Kier alpha value is -0.680. The lowest BCUT2D eigenvalue weighted by Crippen LogP contribution is -2.22. The molecule has 2 rings (SSSR count). The first kappa shape index (κ1) is 7.94. The Morgan fingerprint density at radius 1 is 1.75 bits per heavy atom. The zero-order valence-electron chi connectivity index (χ0n) is 7.03. The highest BCUT2D eigenvalue weighted by molar-refractivity contribution is 7.09. The van der Waals surface area contributed by atoms with Crippen molar-refractivity contribution in [2.75, 3.05) is 25.5 Å². The van der Waals surface area contributed by atoms with E-state index >= 15 is 0 Å². The van der Waals surface area contributed by atoms with Crippen LogP contribution in [0.2, 0.25) is 0 Å². The van der Waals surface area contributed by atoms with Crippen molar-refractivity contribution in [2.24, 2.45) is 0 Å². The minimum absolute atomic E-state index is 0.581. The van der Waals surface area contributed by atoms with Crippen LogP contribution in [-0.4, -0.2) is 40.7 Å². The first-order valence-electron chi connectivity index (χ1n) is 4.07. The van der Waals surface area contributed by atoms with Crippen molar-refractivity contribution in [3.8, 4) is 0 Å². The number of rotatable bonds is 2. The fourth-order valence-corrected chi connectivity index (χ4v) is 1.98. The van der Waals surface area contributed by atoms with Crippen LogP contribution in [0.3, 0.4) is 0 Å². The van der Waals surface area contributed by atoms with E-state index in [2.05, 4.69) is 26.9 Å². The van der Waals surface area contributed by atoms with E-state index in [1.807, 2.05) is 0 Å². The SMILES string of the molecule is CN1CCC(Nc2cnns2)C1. The van der Waals surface area contributed by atoms with Crippen LogP contribution in [0, 0.1) is 0 Å². The molecule has 0 bridgehead atoms. The summed E-state index contributed by atoms with van der Waals surface area (Å²) in [7, 11) is 2.15. The molecule has 5 heteroatoms. The van der Waals surface area contributed by atoms with Crippen LogP contribution in [0.4, 0.5) is 5.00 Å². The second-order valence-electron chi connectivity index (χ2n) is 3.17. The largest absolute Gasteiger partial charge is 0.370 e. The summed E-state index contributed by atoms with van der Waals surface area (Å²) in [5, 5.41) is 8.26. The predicted molar refractivity (Wildman–Crippen MR) is 49.4 cm³/mol. The number of likely N-dealkylation sites (N-methyl/N-ethyl adjacent to an activating group) is 1. The predicted octanol–water partition coefficient (Wildman–Crippen LogP) is 0.654. The zero-order valence-corrected chi connectivity index (χ0v) is 7.84. The van der Waals surface area contributed by atoms with Gasteiger partial charge in [0.2, 0.25) is 0 Å². The van der Waals surface area contributed by atoms with Gasteiger partial charge in [0.25, 0.3) is 0 Å². The molecule has 0 amide bonds. The Balaban J connectivity index is 1.88. The summed E-state index contributed by atoms with van der Waals surface area (Å²) in [6.45, 7) is 2.31. The van der Waals surface area contributed by atoms with Crippen LogP contribution in [0.15, 0.2) is 6.20 Å². The maximum Gasteiger partial charge on any atom is 0.130 e. The number of hydrogen-bond donors (Lipinski definition) is 1. The molecule has 2 heterocycles. The lowest BCUT2D eigenvalue weighted by Gasteiger charge is -2.10. The molecule has 0 aromatic carbocycles. The molecular weight excluding hydrogens is 172 g/mol. The number of anilines is 1. The molecule has 1 fully saturated rings. The van der Waals surface area contributed by atoms with Gasteiger partial charge < -0.3 is 10.2 Å². The van der Waals surface area contributed by atoms with E-state index in [0.717, 1.165) is 11.5 Å². The van der Waals surface area contributed by atoms with Crippen molar-refractivity contribution < 1.29 is 0 Å². The van der Waals surface area contributed by atoms with Gasteiger partial charge in [0.1, 0.15) is 5.00 Å². The molecule has 4 nitrogen and oxygen atoms in total. The van der Waals surface area contributed by atoms with Crippen LogP contribution in [0.25, 0.3) is 0 Å². The van der Waals surface area contributed by atoms with Crippen LogP contribution in [-0.2, 0) is 0 Å². The molecule has 0 aliphatic carbocycles. The van der Waals surface area contributed by atoms with Gasteiger partial charge in [0.15, 0.2) is 0 Å². The number of likely N-dealkylation sites (tertiary alicyclic amines) is 1. The van der Waals surface area contributed by atoms with Gasteiger partial charge >= 0.3 is 0 Å². The molecule has 0 spiro atoms. The Kier molecular flexibility index (Phi) is 2.23. The Bertz CT molecular complexity index is 236. The van der Waals surface area contributed by atoms with Crippen LogP contribution in [0.1, 0.15) is 6.42 Å². The molecule has 1 saturated heterocycles. The molecule has 12 heavy (non-hydrogen) atoms. The summed E-state index contributed by atoms with van der Waals surface area (Å²) in [5.41, 5.74) is 0. The van der Waals surface area contributed by atoms with Gasteiger partial charge in [0.05, 0.1) is 6.20 Å². The molecule has 1 aliphatic heterocycles. The summed E-state index contributed by atoms with van der Waals surface area (Å²) >= 11 is 1.42. The maximum absolute atomic E-state index is 3.80. The fraction of sp³-hybridized carbons (Fsp3) is 0.714. The molecule has 1 unspecified atom stereocenters. The summed E-state index contributed by atoms with van der Waals surface area (Å²) in [6.07, 6.45) is 3.00. The molecule has 1 aromatic heterocycles. The van der Waals surface area contributed by atoms with Gasteiger partial charge in [-0.2, -0.15) is 0 Å². The van der Waals surface area contributed by atoms with Crippen molar-refractivity contribution in [1.82, 2.24) is 14.5 Å². The lowest BCUT2D eigenvalue weighted by atomic mass is 10.3. The quantitative estimate of drug-likeness (QED) is 0.733. The molecule has 1 N–H and O–H groups in total. The van der Waals surface area contributed by atoms with Crippen LogP contribution in [0.5, 0.6) is 0 Å². The number of nitrogens with one attached hydrogen (secondary N) is 1. The third-order valence-electron chi connectivity index (χ3n) is 2.10. The highest BCUT2D eigenvalue weighted by Crippen LogP contribution is 2.15. The summed E-state index contributed by atoms with van der Waals surface area (Å²) in [6, 6.07) is 0.581. The molecule has 0 radical (unpaired) electrons. The molecule has 66 valence electrons. The average molecular weight is 184 g/mol. The standard InChI is InChI=1S/C7H12N4S/c1-11-3-2-6(5-11)9-7-4-8-10-12-7/h4,6,9H,2-3,5H2,1H3. The van der Waals surface area contributed by atoms with Crippen molar-refractivity contribution in [3.63, 3.8) is 0 Å². The third kappa shape index (κ3) is 1.73. The van der Waals surface area contributed by atoms with Gasteiger partial charge in [-0.3, -0.25) is 0 Å². The first-order chi connectivity index (χ1) is 5.84. The highest BCUT2D eigenvalue weighted by atomic mass is 32.1.